The fourth-order valence-electron chi connectivity index (χ4n) is 2.42. The molecule has 0 saturated carbocycles. The lowest BCUT2D eigenvalue weighted by Gasteiger charge is -2.22. The summed E-state index contributed by atoms with van der Waals surface area (Å²) in [6, 6.07) is 7.05. The number of benzene rings is 1. The van der Waals surface area contributed by atoms with Gasteiger partial charge in [0.2, 0.25) is 0 Å². The van der Waals surface area contributed by atoms with Gasteiger partial charge in [-0.1, -0.05) is 0 Å². The van der Waals surface area contributed by atoms with E-state index < -0.39 is 0 Å². The van der Waals surface area contributed by atoms with Crippen LogP contribution in [-0.4, -0.2) is 52.5 Å². The summed E-state index contributed by atoms with van der Waals surface area (Å²) in [6.07, 6.45) is 0. The number of fused-ring (bicyclic) bond motifs is 1. The predicted octanol–water partition coefficient (Wildman–Crippen LogP) is 1.90. The van der Waals surface area contributed by atoms with Crippen LogP contribution in [-0.2, 0) is 16.0 Å². The molecule has 0 amide bonds. The van der Waals surface area contributed by atoms with Crippen LogP contribution >= 0.6 is 0 Å². The van der Waals surface area contributed by atoms with E-state index in [0.29, 0.717) is 31.1 Å². The Kier molecular flexibility index (Phi) is 6.58. The van der Waals surface area contributed by atoms with E-state index in [1.165, 1.54) is 0 Å². The second-order valence-electron chi connectivity index (χ2n) is 5.21. The van der Waals surface area contributed by atoms with Gasteiger partial charge >= 0.3 is 5.63 Å². The predicted molar refractivity (Wildman–Crippen MR) is 88.1 cm³/mol. The number of hydrogen-bond donors (Lipinski definition) is 0. The van der Waals surface area contributed by atoms with Crippen molar-refractivity contribution < 1.29 is 18.6 Å². The highest BCUT2D eigenvalue weighted by atomic mass is 16.5. The molecule has 6 nitrogen and oxygen atoms in total. The average molecular weight is 321 g/mol. The normalized spacial score (nSPS) is 11.3. The molecule has 2 aromatic rings. The molecule has 1 aromatic carbocycles. The van der Waals surface area contributed by atoms with Gasteiger partial charge in [0.05, 0.1) is 20.3 Å². The van der Waals surface area contributed by atoms with Crippen molar-refractivity contribution in [1.82, 2.24) is 4.90 Å². The zero-order valence-electron chi connectivity index (χ0n) is 13.8. The van der Waals surface area contributed by atoms with Gasteiger partial charge in [0.15, 0.2) is 0 Å². The van der Waals surface area contributed by atoms with Crippen LogP contribution in [0, 0.1) is 0 Å². The first-order valence-corrected chi connectivity index (χ1v) is 7.49. The van der Waals surface area contributed by atoms with E-state index in [1.807, 2.05) is 12.1 Å². The topological polar surface area (TPSA) is 61.1 Å². The van der Waals surface area contributed by atoms with Crippen LogP contribution in [0.15, 0.2) is 33.5 Å². The smallest absolute Gasteiger partial charge is 0.336 e. The third-order valence-electron chi connectivity index (χ3n) is 3.65. The van der Waals surface area contributed by atoms with E-state index >= 15 is 0 Å². The molecule has 0 atom stereocenters. The van der Waals surface area contributed by atoms with E-state index in [-0.39, 0.29) is 5.63 Å². The van der Waals surface area contributed by atoms with Crippen LogP contribution in [0.2, 0.25) is 0 Å². The van der Waals surface area contributed by atoms with Gasteiger partial charge < -0.3 is 18.6 Å². The Morgan fingerprint density at radius 2 is 1.74 bits per heavy atom. The largest absolute Gasteiger partial charge is 0.497 e. The quantitative estimate of drug-likeness (QED) is 0.657. The van der Waals surface area contributed by atoms with Gasteiger partial charge in [-0.15, -0.1) is 0 Å². The van der Waals surface area contributed by atoms with Gasteiger partial charge in [-0.2, -0.15) is 0 Å². The van der Waals surface area contributed by atoms with Gasteiger partial charge in [-0.05, 0) is 17.7 Å². The molecule has 126 valence electrons. The molecule has 6 heteroatoms. The van der Waals surface area contributed by atoms with Crippen molar-refractivity contribution in [2.75, 3.05) is 47.6 Å². The van der Waals surface area contributed by atoms with Crippen molar-refractivity contribution in [1.29, 1.82) is 0 Å². The highest BCUT2D eigenvalue weighted by Gasteiger charge is 2.11. The van der Waals surface area contributed by atoms with E-state index in [1.54, 1.807) is 33.5 Å². The molecule has 0 bridgehead atoms. The SMILES string of the molecule is COCCN(CCOC)Cc1cc(=O)oc2cc(OC)ccc12. The van der Waals surface area contributed by atoms with Gasteiger partial charge in [-0.3, -0.25) is 4.90 Å². The van der Waals surface area contributed by atoms with E-state index in [2.05, 4.69) is 4.90 Å². The summed E-state index contributed by atoms with van der Waals surface area (Å²) < 4.78 is 20.8. The molecule has 0 spiro atoms. The average Bonchev–Trinajstić information content (AvgIpc) is 2.56. The van der Waals surface area contributed by atoms with Gasteiger partial charge in [-0.25, -0.2) is 4.79 Å². The monoisotopic (exact) mass is 321 g/mol. The van der Waals surface area contributed by atoms with Crippen LogP contribution in [0.25, 0.3) is 11.0 Å². The maximum atomic E-state index is 11.8. The summed E-state index contributed by atoms with van der Waals surface area (Å²) in [6.45, 7) is 3.39. The van der Waals surface area contributed by atoms with E-state index in [4.69, 9.17) is 18.6 Å². The Balaban J connectivity index is 2.30. The van der Waals surface area contributed by atoms with Crippen molar-refractivity contribution in [3.8, 4) is 5.75 Å². The first-order valence-electron chi connectivity index (χ1n) is 7.49. The fraction of sp³-hybridized carbons (Fsp3) is 0.471. The van der Waals surface area contributed by atoms with Crippen molar-refractivity contribution >= 4 is 11.0 Å². The molecule has 23 heavy (non-hydrogen) atoms. The van der Waals surface area contributed by atoms with Crippen molar-refractivity contribution in [3.63, 3.8) is 0 Å². The molecular weight excluding hydrogens is 298 g/mol. The summed E-state index contributed by atoms with van der Waals surface area (Å²) in [5, 5.41) is 0.908. The third-order valence-corrected chi connectivity index (χ3v) is 3.65. The highest BCUT2D eigenvalue weighted by Crippen LogP contribution is 2.23. The second-order valence-corrected chi connectivity index (χ2v) is 5.21. The van der Waals surface area contributed by atoms with Gasteiger partial charge in [0.25, 0.3) is 0 Å². The lowest BCUT2D eigenvalue weighted by molar-refractivity contribution is 0.110. The zero-order valence-corrected chi connectivity index (χ0v) is 13.8. The van der Waals surface area contributed by atoms with Crippen LogP contribution in [0.4, 0.5) is 0 Å². The fourth-order valence-corrected chi connectivity index (χ4v) is 2.42. The van der Waals surface area contributed by atoms with Gasteiger partial charge in [0, 0.05) is 51.4 Å². The van der Waals surface area contributed by atoms with Crippen LogP contribution in [0.1, 0.15) is 5.56 Å². The molecule has 0 saturated heterocycles. The Bertz CT molecular complexity index is 674. The minimum Gasteiger partial charge on any atom is -0.497 e. The molecule has 0 fully saturated rings. The Hall–Kier alpha value is -1.89. The Labute approximate surface area is 135 Å². The number of nitrogens with zero attached hydrogens (tertiary/aromatic N) is 1. The zero-order chi connectivity index (χ0) is 16.7. The van der Waals surface area contributed by atoms with Crippen molar-refractivity contribution in [2.45, 2.75) is 6.54 Å². The van der Waals surface area contributed by atoms with E-state index in [0.717, 1.165) is 24.0 Å². The lowest BCUT2D eigenvalue weighted by atomic mass is 10.1. The lowest BCUT2D eigenvalue weighted by Crippen LogP contribution is -2.30. The maximum Gasteiger partial charge on any atom is 0.336 e. The van der Waals surface area contributed by atoms with Crippen LogP contribution in [0.3, 0.4) is 0 Å². The van der Waals surface area contributed by atoms with Crippen molar-refractivity contribution in [3.05, 3.63) is 40.2 Å². The second kappa shape index (κ2) is 8.67. The molecule has 1 aromatic heterocycles. The summed E-state index contributed by atoms with van der Waals surface area (Å²) in [4.78, 5) is 14.0. The molecule has 0 radical (unpaired) electrons. The minimum atomic E-state index is -0.362. The summed E-state index contributed by atoms with van der Waals surface area (Å²) in [5.41, 5.74) is 1.09. The molecule has 2 rings (SSSR count). The maximum absolute atomic E-state index is 11.8. The minimum absolute atomic E-state index is 0.362. The summed E-state index contributed by atoms with van der Waals surface area (Å²) in [5.74, 6) is 0.661. The Morgan fingerprint density at radius 1 is 1.04 bits per heavy atom. The van der Waals surface area contributed by atoms with Crippen LogP contribution in [0.5, 0.6) is 5.75 Å². The van der Waals surface area contributed by atoms with Gasteiger partial charge in [0.1, 0.15) is 11.3 Å². The summed E-state index contributed by atoms with van der Waals surface area (Å²) in [7, 11) is 4.93. The van der Waals surface area contributed by atoms with E-state index in [9.17, 15) is 4.79 Å². The molecule has 0 aliphatic carbocycles. The number of ether oxygens (including phenoxy) is 3. The first-order chi connectivity index (χ1) is 11.2. The molecule has 0 unspecified atom stereocenters. The third kappa shape index (κ3) is 4.79. The Morgan fingerprint density at radius 3 is 2.35 bits per heavy atom. The summed E-state index contributed by atoms with van der Waals surface area (Å²) >= 11 is 0. The number of hydrogen-bond acceptors (Lipinski definition) is 6. The molecular formula is C17H23NO5. The number of methoxy groups -OCH3 is 3. The molecule has 0 aliphatic heterocycles. The highest BCUT2D eigenvalue weighted by molar-refractivity contribution is 5.81. The molecule has 1 heterocycles. The first kappa shape index (κ1) is 17.5. The molecule has 0 aliphatic rings. The van der Waals surface area contributed by atoms with Crippen molar-refractivity contribution in [2.24, 2.45) is 0 Å². The number of rotatable bonds is 9. The van der Waals surface area contributed by atoms with Crippen LogP contribution < -0.4 is 10.4 Å². The molecule has 0 N–H and O–H groups in total. The standard InChI is InChI=1S/C17H23NO5/c1-20-8-6-18(7-9-21-2)12-13-10-17(19)23-16-11-14(22-3)4-5-15(13)16/h4-5,10-11H,6-9,12H2,1-3H3.